The Balaban J connectivity index is 1.90. The van der Waals surface area contributed by atoms with E-state index in [-0.39, 0.29) is 6.79 Å². The minimum absolute atomic E-state index is 0.270. The number of hydrogen-bond donors (Lipinski definition) is 1. The third kappa shape index (κ3) is 1.66. The monoisotopic (exact) mass is 264 g/mol. The molecule has 0 spiro atoms. The van der Waals surface area contributed by atoms with Crippen molar-refractivity contribution in [3.63, 3.8) is 0 Å². The molecule has 3 aromatic rings. The molecule has 0 fully saturated rings. The second-order valence-corrected chi connectivity index (χ2v) is 4.68. The molecule has 0 unspecified atom stereocenters. The Bertz CT molecular complexity index is 815. The summed E-state index contributed by atoms with van der Waals surface area (Å²) in [6.07, 6.45) is 0. The van der Waals surface area contributed by atoms with E-state index in [4.69, 9.17) is 15.2 Å². The van der Waals surface area contributed by atoms with Gasteiger partial charge in [0.2, 0.25) is 6.79 Å². The molecule has 2 aromatic carbocycles. The standard InChI is InChI=1S/C16H12N2O2/c17-12-8-14(18-13-4-2-1-3-11(12)13)10-5-6-15-16(7-10)20-9-19-15/h1-8H,9H2,(H2,17,18). The number of benzene rings is 2. The van der Waals surface area contributed by atoms with E-state index in [0.717, 1.165) is 39.3 Å². The van der Waals surface area contributed by atoms with Crippen molar-refractivity contribution in [1.29, 1.82) is 0 Å². The quantitative estimate of drug-likeness (QED) is 0.733. The summed E-state index contributed by atoms with van der Waals surface area (Å²) in [5.74, 6) is 1.51. The molecular formula is C16H12N2O2. The lowest BCUT2D eigenvalue weighted by Gasteiger charge is -2.07. The first-order chi connectivity index (χ1) is 9.81. The van der Waals surface area contributed by atoms with Gasteiger partial charge in [-0.3, -0.25) is 0 Å². The van der Waals surface area contributed by atoms with Crippen LogP contribution in [0.25, 0.3) is 22.2 Å². The van der Waals surface area contributed by atoms with Crippen molar-refractivity contribution in [3.05, 3.63) is 48.5 Å². The summed E-state index contributed by atoms with van der Waals surface area (Å²) in [5, 5.41) is 0.969. The number of aromatic nitrogens is 1. The molecule has 0 bridgehead atoms. The zero-order chi connectivity index (χ0) is 13.5. The van der Waals surface area contributed by atoms with E-state index in [2.05, 4.69) is 4.98 Å². The van der Waals surface area contributed by atoms with Crippen molar-refractivity contribution in [1.82, 2.24) is 4.98 Å². The van der Waals surface area contributed by atoms with Crippen molar-refractivity contribution >= 4 is 16.6 Å². The highest BCUT2D eigenvalue weighted by Crippen LogP contribution is 2.36. The van der Waals surface area contributed by atoms with Gasteiger partial charge < -0.3 is 15.2 Å². The van der Waals surface area contributed by atoms with Crippen LogP contribution < -0.4 is 15.2 Å². The average Bonchev–Trinajstić information content (AvgIpc) is 2.94. The molecule has 1 aromatic heterocycles. The second kappa shape index (κ2) is 4.13. The van der Waals surface area contributed by atoms with Gasteiger partial charge in [-0.25, -0.2) is 4.98 Å². The lowest BCUT2D eigenvalue weighted by atomic mass is 10.1. The number of nitrogens with zero attached hydrogens (tertiary/aromatic N) is 1. The predicted molar refractivity (Wildman–Crippen MR) is 77.7 cm³/mol. The molecule has 4 nitrogen and oxygen atoms in total. The highest BCUT2D eigenvalue weighted by Gasteiger charge is 2.14. The largest absolute Gasteiger partial charge is 0.454 e. The smallest absolute Gasteiger partial charge is 0.231 e. The highest BCUT2D eigenvalue weighted by molar-refractivity contribution is 5.92. The van der Waals surface area contributed by atoms with Crippen molar-refractivity contribution in [2.45, 2.75) is 0 Å². The third-order valence-electron chi connectivity index (χ3n) is 3.42. The first-order valence-electron chi connectivity index (χ1n) is 6.36. The molecular weight excluding hydrogens is 252 g/mol. The fraction of sp³-hybridized carbons (Fsp3) is 0.0625. The summed E-state index contributed by atoms with van der Waals surface area (Å²) < 4.78 is 10.7. The van der Waals surface area contributed by atoms with E-state index in [1.54, 1.807) is 0 Å². The van der Waals surface area contributed by atoms with Gasteiger partial charge in [-0.2, -0.15) is 0 Å². The summed E-state index contributed by atoms with van der Waals surface area (Å²) in [5.41, 5.74) is 9.52. The van der Waals surface area contributed by atoms with Crippen LogP contribution in [0, 0.1) is 0 Å². The lowest BCUT2D eigenvalue weighted by Crippen LogP contribution is -1.93. The van der Waals surface area contributed by atoms with Crippen molar-refractivity contribution in [3.8, 4) is 22.8 Å². The molecule has 0 amide bonds. The van der Waals surface area contributed by atoms with Crippen molar-refractivity contribution in [2.24, 2.45) is 0 Å². The molecule has 4 heteroatoms. The van der Waals surface area contributed by atoms with Crippen LogP contribution in [-0.4, -0.2) is 11.8 Å². The first kappa shape index (κ1) is 11.1. The van der Waals surface area contributed by atoms with Gasteiger partial charge in [0, 0.05) is 16.6 Å². The minimum atomic E-state index is 0.270. The van der Waals surface area contributed by atoms with Crippen LogP contribution in [0.1, 0.15) is 0 Å². The third-order valence-corrected chi connectivity index (χ3v) is 3.42. The number of ether oxygens (including phenoxy) is 2. The maximum absolute atomic E-state index is 6.11. The summed E-state index contributed by atoms with van der Waals surface area (Å²) in [4.78, 5) is 4.66. The molecule has 0 saturated carbocycles. The number of nitrogens with two attached hydrogens (primary N) is 1. The number of nitrogen functional groups attached to an aromatic ring is 1. The van der Waals surface area contributed by atoms with Crippen LogP contribution in [0.3, 0.4) is 0 Å². The van der Waals surface area contributed by atoms with Crippen LogP contribution >= 0.6 is 0 Å². The summed E-state index contributed by atoms with van der Waals surface area (Å²) in [7, 11) is 0. The number of hydrogen-bond acceptors (Lipinski definition) is 4. The first-order valence-corrected chi connectivity index (χ1v) is 6.36. The molecule has 2 heterocycles. The zero-order valence-electron chi connectivity index (χ0n) is 10.7. The fourth-order valence-electron chi connectivity index (χ4n) is 2.41. The second-order valence-electron chi connectivity index (χ2n) is 4.68. The molecule has 0 aliphatic carbocycles. The number of para-hydroxylation sites is 1. The van der Waals surface area contributed by atoms with Gasteiger partial charge in [0.1, 0.15) is 0 Å². The topological polar surface area (TPSA) is 57.4 Å². The van der Waals surface area contributed by atoms with Gasteiger partial charge in [-0.05, 0) is 30.3 Å². The maximum atomic E-state index is 6.11. The predicted octanol–water partition coefficient (Wildman–Crippen LogP) is 3.21. The van der Waals surface area contributed by atoms with E-state index in [9.17, 15) is 0 Å². The molecule has 98 valence electrons. The average molecular weight is 264 g/mol. The maximum Gasteiger partial charge on any atom is 0.231 e. The molecule has 1 aliphatic heterocycles. The Labute approximate surface area is 115 Å². The van der Waals surface area contributed by atoms with Gasteiger partial charge in [0.05, 0.1) is 11.2 Å². The molecule has 4 rings (SSSR count). The Morgan fingerprint density at radius 1 is 0.950 bits per heavy atom. The molecule has 1 aliphatic rings. The SMILES string of the molecule is Nc1cc(-c2ccc3c(c2)OCO3)nc2ccccc12. The number of rotatable bonds is 1. The van der Waals surface area contributed by atoms with Gasteiger partial charge in [0.25, 0.3) is 0 Å². The van der Waals surface area contributed by atoms with E-state index < -0.39 is 0 Å². The van der Waals surface area contributed by atoms with Crippen LogP contribution in [0.5, 0.6) is 11.5 Å². The minimum Gasteiger partial charge on any atom is -0.454 e. The number of fused-ring (bicyclic) bond motifs is 2. The number of pyridine rings is 1. The number of anilines is 1. The van der Waals surface area contributed by atoms with Gasteiger partial charge in [-0.1, -0.05) is 18.2 Å². The molecule has 0 saturated heterocycles. The van der Waals surface area contributed by atoms with Crippen molar-refractivity contribution in [2.75, 3.05) is 12.5 Å². The summed E-state index contributed by atoms with van der Waals surface area (Å²) >= 11 is 0. The summed E-state index contributed by atoms with van der Waals surface area (Å²) in [6.45, 7) is 0.270. The van der Waals surface area contributed by atoms with Gasteiger partial charge >= 0.3 is 0 Å². The van der Waals surface area contributed by atoms with E-state index in [1.807, 2.05) is 48.5 Å². The Morgan fingerprint density at radius 3 is 2.75 bits per heavy atom. The molecule has 2 N–H and O–H groups in total. The van der Waals surface area contributed by atoms with Crippen LogP contribution in [0.2, 0.25) is 0 Å². The van der Waals surface area contributed by atoms with E-state index >= 15 is 0 Å². The normalized spacial score (nSPS) is 12.8. The molecule has 0 radical (unpaired) electrons. The van der Waals surface area contributed by atoms with Crippen LogP contribution in [0.15, 0.2) is 48.5 Å². The molecule has 20 heavy (non-hydrogen) atoms. The van der Waals surface area contributed by atoms with E-state index in [0.29, 0.717) is 0 Å². The van der Waals surface area contributed by atoms with Crippen molar-refractivity contribution < 1.29 is 9.47 Å². The van der Waals surface area contributed by atoms with Crippen LogP contribution in [-0.2, 0) is 0 Å². The Hall–Kier alpha value is -2.75. The van der Waals surface area contributed by atoms with Gasteiger partial charge in [0.15, 0.2) is 11.5 Å². The fourth-order valence-corrected chi connectivity index (χ4v) is 2.41. The van der Waals surface area contributed by atoms with Gasteiger partial charge in [-0.15, -0.1) is 0 Å². The zero-order valence-corrected chi connectivity index (χ0v) is 10.7. The summed E-state index contributed by atoms with van der Waals surface area (Å²) in [6, 6.07) is 15.5. The highest BCUT2D eigenvalue weighted by atomic mass is 16.7. The van der Waals surface area contributed by atoms with E-state index in [1.165, 1.54) is 0 Å². The van der Waals surface area contributed by atoms with Crippen LogP contribution in [0.4, 0.5) is 5.69 Å². The Morgan fingerprint density at radius 2 is 1.80 bits per heavy atom. The lowest BCUT2D eigenvalue weighted by molar-refractivity contribution is 0.174. The Kier molecular flexibility index (Phi) is 2.29. The molecule has 0 atom stereocenters.